The number of aryl methyl sites for hydroxylation is 4. The Bertz CT molecular complexity index is 1360. The Labute approximate surface area is 212 Å². The number of rotatable bonds is 7. The normalized spacial score (nSPS) is 16.9. The van der Waals surface area contributed by atoms with Crippen LogP contribution in [0.4, 0.5) is 0 Å². The first-order chi connectivity index (χ1) is 17.2. The van der Waals surface area contributed by atoms with Gasteiger partial charge in [0, 0.05) is 32.0 Å². The third-order valence-corrected chi connectivity index (χ3v) is 8.54. The predicted octanol–water partition coefficient (Wildman–Crippen LogP) is 4.19. The van der Waals surface area contributed by atoms with Crippen molar-refractivity contribution in [2.45, 2.75) is 52.0 Å². The summed E-state index contributed by atoms with van der Waals surface area (Å²) < 4.78 is 34.2. The van der Waals surface area contributed by atoms with E-state index in [-0.39, 0.29) is 23.1 Å². The molecule has 1 N–H and O–H groups in total. The van der Waals surface area contributed by atoms with Crippen molar-refractivity contribution in [3.63, 3.8) is 0 Å². The summed E-state index contributed by atoms with van der Waals surface area (Å²) in [5.74, 6) is -0.400. The number of carbonyl (C=O) groups is 1. The van der Waals surface area contributed by atoms with Crippen molar-refractivity contribution in [2.24, 2.45) is 5.92 Å². The summed E-state index contributed by atoms with van der Waals surface area (Å²) >= 11 is 0. The van der Waals surface area contributed by atoms with Gasteiger partial charge in [0.2, 0.25) is 15.9 Å². The minimum atomic E-state index is -3.91. The number of carbonyl (C=O) groups excluding carboxylic acids is 1. The molecule has 1 amide bonds. The molecule has 3 aromatic rings. The number of aromatic nitrogens is 2. The summed E-state index contributed by atoms with van der Waals surface area (Å²) in [7, 11) is -3.91. The number of nitrogens with one attached hydrogen (secondary N) is 1. The molecular weight excluding hydrogens is 476 g/mol. The fraction of sp³-hybridized carbons (Fsp3) is 0.370. The molecule has 1 aliphatic heterocycles. The molecule has 1 fully saturated rings. The van der Waals surface area contributed by atoms with E-state index in [0.717, 1.165) is 22.3 Å². The van der Waals surface area contributed by atoms with E-state index in [0.29, 0.717) is 31.6 Å². The molecule has 0 unspecified atom stereocenters. The van der Waals surface area contributed by atoms with Crippen LogP contribution in [0.2, 0.25) is 0 Å². The molecule has 1 saturated heterocycles. The molecule has 1 atom stereocenters. The minimum absolute atomic E-state index is 0.0533. The summed E-state index contributed by atoms with van der Waals surface area (Å²) in [4.78, 5) is 16.9. The second-order valence-corrected chi connectivity index (χ2v) is 11.3. The number of benzene rings is 1. The van der Waals surface area contributed by atoms with Gasteiger partial charge in [-0.25, -0.2) is 8.42 Å². The SMILES string of the molecule is Cc1cc(C)c(/C=C/c2onc(C)c2S(=O)(=O)N2CCC[C@H](C(=O)NCc3cccnc3)C2)c(C)c1. The van der Waals surface area contributed by atoms with Crippen molar-refractivity contribution in [2.75, 3.05) is 13.1 Å². The van der Waals surface area contributed by atoms with Crippen LogP contribution >= 0.6 is 0 Å². The van der Waals surface area contributed by atoms with Crippen molar-refractivity contribution in [3.05, 3.63) is 75.9 Å². The summed E-state index contributed by atoms with van der Waals surface area (Å²) in [5, 5.41) is 6.86. The smallest absolute Gasteiger partial charge is 0.248 e. The fourth-order valence-electron chi connectivity index (χ4n) is 4.75. The fourth-order valence-corrected chi connectivity index (χ4v) is 6.53. The van der Waals surface area contributed by atoms with E-state index in [1.54, 1.807) is 25.4 Å². The molecule has 9 heteroatoms. The Morgan fingerprint density at radius 2 is 1.94 bits per heavy atom. The molecule has 3 heterocycles. The maximum atomic E-state index is 13.7. The molecule has 2 aromatic heterocycles. The lowest BCUT2D eigenvalue weighted by Gasteiger charge is -2.31. The lowest BCUT2D eigenvalue weighted by atomic mass is 9.99. The topological polar surface area (TPSA) is 105 Å². The highest BCUT2D eigenvalue weighted by atomic mass is 32.2. The number of hydrogen-bond donors (Lipinski definition) is 1. The maximum absolute atomic E-state index is 13.7. The summed E-state index contributed by atoms with van der Waals surface area (Å²) in [6.45, 7) is 8.53. The van der Waals surface area contributed by atoms with Crippen LogP contribution < -0.4 is 5.32 Å². The van der Waals surface area contributed by atoms with Crippen molar-refractivity contribution < 1.29 is 17.7 Å². The van der Waals surface area contributed by atoms with Crippen LogP contribution in [-0.4, -0.2) is 41.9 Å². The molecule has 0 bridgehead atoms. The van der Waals surface area contributed by atoms with Gasteiger partial charge in [0.15, 0.2) is 10.7 Å². The Kier molecular flexibility index (Phi) is 7.70. The van der Waals surface area contributed by atoms with Gasteiger partial charge in [0.1, 0.15) is 5.69 Å². The second-order valence-electron chi connectivity index (χ2n) is 9.39. The number of sulfonamides is 1. The molecule has 0 spiro atoms. The molecule has 1 aliphatic rings. The van der Waals surface area contributed by atoms with Gasteiger partial charge in [-0.3, -0.25) is 9.78 Å². The van der Waals surface area contributed by atoms with Crippen LogP contribution in [0.1, 0.15) is 52.1 Å². The van der Waals surface area contributed by atoms with Crippen molar-refractivity contribution >= 4 is 28.1 Å². The summed E-state index contributed by atoms with van der Waals surface area (Å²) in [6, 6.07) is 7.87. The summed E-state index contributed by atoms with van der Waals surface area (Å²) in [5.41, 5.74) is 5.57. The molecule has 0 radical (unpaired) electrons. The van der Waals surface area contributed by atoms with Crippen LogP contribution in [0.25, 0.3) is 12.2 Å². The number of hydrogen-bond acceptors (Lipinski definition) is 6. The first-order valence-corrected chi connectivity index (χ1v) is 13.5. The standard InChI is InChI=1S/C27H32N4O4S/c1-18-13-19(2)24(20(3)14-18)9-10-25-26(21(4)30-35-25)36(33,34)31-12-6-8-23(17-31)27(32)29-16-22-7-5-11-28-15-22/h5,7,9-11,13-15,23H,6,8,12,16-17H2,1-4H3,(H,29,32)/b10-9+/t23-/m0/s1. The number of nitrogens with zero attached hydrogens (tertiary/aromatic N) is 3. The molecule has 8 nitrogen and oxygen atoms in total. The molecule has 1 aromatic carbocycles. The lowest BCUT2D eigenvalue weighted by molar-refractivity contribution is -0.126. The average Bonchev–Trinajstić information content (AvgIpc) is 3.23. The van der Waals surface area contributed by atoms with Crippen molar-refractivity contribution in [1.29, 1.82) is 0 Å². The number of piperidine rings is 1. The first-order valence-electron chi connectivity index (χ1n) is 12.1. The molecule has 190 valence electrons. The predicted molar refractivity (Wildman–Crippen MR) is 138 cm³/mol. The van der Waals surface area contributed by atoms with Gasteiger partial charge in [-0.2, -0.15) is 4.31 Å². The zero-order valence-electron chi connectivity index (χ0n) is 21.1. The lowest BCUT2D eigenvalue weighted by Crippen LogP contribution is -2.45. The quantitative estimate of drug-likeness (QED) is 0.513. The van der Waals surface area contributed by atoms with E-state index in [2.05, 4.69) is 27.6 Å². The Morgan fingerprint density at radius 1 is 1.19 bits per heavy atom. The van der Waals surface area contributed by atoms with E-state index in [9.17, 15) is 13.2 Å². The Balaban J connectivity index is 1.52. The third-order valence-electron chi connectivity index (χ3n) is 6.52. The van der Waals surface area contributed by atoms with Crippen LogP contribution in [0.3, 0.4) is 0 Å². The van der Waals surface area contributed by atoms with Crippen LogP contribution in [0, 0.1) is 33.6 Å². The zero-order valence-corrected chi connectivity index (χ0v) is 21.9. The van der Waals surface area contributed by atoms with E-state index in [1.807, 2.05) is 39.0 Å². The van der Waals surface area contributed by atoms with Gasteiger partial charge < -0.3 is 9.84 Å². The van der Waals surface area contributed by atoms with Gasteiger partial charge >= 0.3 is 0 Å². The van der Waals surface area contributed by atoms with Crippen LogP contribution in [0.15, 0.2) is 46.1 Å². The van der Waals surface area contributed by atoms with Gasteiger partial charge in [-0.1, -0.05) is 35.0 Å². The van der Waals surface area contributed by atoms with E-state index < -0.39 is 15.9 Å². The highest BCUT2D eigenvalue weighted by Crippen LogP contribution is 2.30. The first kappa shape index (κ1) is 25.8. The average molecular weight is 509 g/mol. The van der Waals surface area contributed by atoms with E-state index >= 15 is 0 Å². The van der Waals surface area contributed by atoms with Gasteiger partial charge in [-0.15, -0.1) is 0 Å². The molecule has 36 heavy (non-hydrogen) atoms. The minimum Gasteiger partial charge on any atom is -0.355 e. The van der Waals surface area contributed by atoms with Crippen molar-refractivity contribution in [1.82, 2.24) is 19.8 Å². The van der Waals surface area contributed by atoms with Crippen LogP contribution in [0.5, 0.6) is 0 Å². The number of pyridine rings is 1. The highest BCUT2D eigenvalue weighted by Gasteiger charge is 2.36. The Hall–Kier alpha value is -3.30. The van der Waals surface area contributed by atoms with E-state index in [1.165, 1.54) is 9.87 Å². The van der Waals surface area contributed by atoms with Gasteiger partial charge in [0.05, 0.1) is 5.92 Å². The molecule has 4 rings (SSSR count). The van der Waals surface area contributed by atoms with Gasteiger partial charge in [-0.05, 0) is 74.9 Å². The highest BCUT2D eigenvalue weighted by molar-refractivity contribution is 7.89. The Morgan fingerprint density at radius 3 is 2.64 bits per heavy atom. The molecular formula is C27H32N4O4S. The zero-order chi connectivity index (χ0) is 25.9. The van der Waals surface area contributed by atoms with E-state index in [4.69, 9.17) is 4.52 Å². The van der Waals surface area contributed by atoms with Crippen molar-refractivity contribution in [3.8, 4) is 0 Å². The molecule has 0 aliphatic carbocycles. The van der Waals surface area contributed by atoms with Crippen LogP contribution in [-0.2, 0) is 21.4 Å². The largest absolute Gasteiger partial charge is 0.355 e. The third kappa shape index (κ3) is 5.57. The maximum Gasteiger partial charge on any atom is 0.248 e. The second kappa shape index (κ2) is 10.8. The monoisotopic (exact) mass is 508 g/mol. The number of amides is 1. The molecule has 0 saturated carbocycles. The summed E-state index contributed by atoms with van der Waals surface area (Å²) in [6.07, 6.45) is 8.14. The van der Waals surface area contributed by atoms with Gasteiger partial charge in [0.25, 0.3) is 0 Å².